The van der Waals surface area contributed by atoms with Crippen molar-refractivity contribution in [2.24, 2.45) is 0 Å². The van der Waals surface area contributed by atoms with Gasteiger partial charge in [-0.25, -0.2) is 0 Å². The fourth-order valence-electron chi connectivity index (χ4n) is 1.73. The van der Waals surface area contributed by atoms with E-state index in [1.54, 1.807) is 0 Å². The largest absolute Gasteiger partial charge is 0.416 e. The molecule has 1 rings (SSSR count). The van der Waals surface area contributed by atoms with Gasteiger partial charge in [-0.1, -0.05) is 50.6 Å². The van der Waals surface area contributed by atoms with Crippen LogP contribution in [0.2, 0.25) is 0 Å². The van der Waals surface area contributed by atoms with Gasteiger partial charge in [-0.05, 0) is 36.1 Å². The van der Waals surface area contributed by atoms with Crippen LogP contribution in [0.3, 0.4) is 0 Å². The zero-order chi connectivity index (χ0) is 14.3. The Balaban J connectivity index is 2.95. The maximum Gasteiger partial charge on any atom is 0.416 e. The van der Waals surface area contributed by atoms with Crippen LogP contribution in [0.5, 0.6) is 0 Å². The molecule has 3 heteroatoms. The first-order valence-corrected chi connectivity index (χ1v) is 6.53. The van der Waals surface area contributed by atoms with Gasteiger partial charge < -0.3 is 0 Å². The maximum atomic E-state index is 12.5. The number of unbranched alkanes of at least 4 members (excludes halogenated alkanes) is 1. The highest BCUT2D eigenvalue weighted by molar-refractivity contribution is 5.74. The van der Waals surface area contributed by atoms with E-state index in [4.69, 9.17) is 0 Å². The topological polar surface area (TPSA) is 0 Å². The van der Waals surface area contributed by atoms with Gasteiger partial charge in [-0.3, -0.25) is 0 Å². The van der Waals surface area contributed by atoms with E-state index in [1.165, 1.54) is 12.1 Å². The van der Waals surface area contributed by atoms with E-state index in [-0.39, 0.29) is 0 Å². The van der Waals surface area contributed by atoms with Crippen molar-refractivity contribution in [3.8, 4) is 0 Å². The van der Waals surface area contributed by atoms with E-state index in [0.29, 0.717) is 0 Å². The third-order valence-corrected chi connectivity index (χ3v) is 2.72. The van der Waals surface area contributed by atoms with Gasteiger partial charge in [0, 0.05) is 0 Å². The molecule has 0 nitrogen and oxygen atoms in total. The molecule has 0 fully saturated rings. The molecule has 0 aliphatic carbocycles. The van der Waals surface area contributed by atoms with Gasteiger partial charge >= 0.3 is 6.18 Å². The van der Waals surface area contributed by atoms with Crippen LogP contribution < -0.4 is 0 Å². The summed E-state index contributed by atoms with van der Waals surface area (Å²) in [5.41, 5.74) is 1.19. The van der Waals surface area contributed by atoms with E-state index in [0.717, 1.165) is 42.5 Å². The van der Waals surface area contributed by atoms with Crippen molar-refractivity contribution in [2.75, 3.05) is 0 Å². The van der Waals surface area contributed by atoms with Crippen molar-refractivity contribution in [2.45, 2.75) is 39.3 Å². The lowest BCUT2D eigenvalue weighted by molar-refractivity contribution is -0.137. The SMILES string of the molecule is CC/C=C(\C=C/CCC)c1ccc(C(F)(F)F)cc1. The van der Waals surface area contributed by atoms with Crippen molar-refractivity contribution in [1.82, 2.24) is 0 Å². The molecule has 0 saturated carbocycles. The van der Waals surface area contributed by atoms with Crippen LogP contribution in [-0.2, 0) is 6.18 Å². The molecular weight excluding hydrogens is 249 g/mol. The van der Waals surface area contributed by atoms with Crippen molar-refractivity contribution >= 4 is 5.57 Å². The van der Waals surface area contributed by atoms with Gasteiger partial charge in [-0.15, -0.1) is 0 Å². The summed E-state index contributed by atoms with van der Waals surface area (Å²) in [5, 5.41) is 0. The summed E-state index contributed by atoms with van der Waals surface area (Å²) in [5.74, 6) is 0. The fraction of sp³-hybridized carbons (Fsp3) is 0.375. The minimum atomic E-state index is -4.27. The number of alkyl halides is 3. The lowest BCUT2D eigenvalue weighted by Crippen LogP contribution is -2.04. The van der Waals surface area contributed by atoms with Gasteiger partial charge in [0.2, 0.25) is 0 Å². The molecule has 0 heterocycles. The van der Waals surface area contributed by atoms with Crippen LogP contribution >= 0.6 is 0 Å². The Labute approximate surface area is 112 Å². The highest BCUT2D eigenvalue weighted by atomic mass is 19.4. The number of hydrogen-bond acceptors (Lipinski definition) is 0. The van der Waals surface area contributed by atoms with Crippen LogP contribution in [0.25, 0.3) is 5.57 Å². The van der Waals surface area contributed by atoms with Crippen molar-refractivity contribution in [1.29, 1.82) is 0 Å². The predicted octanol–water partition coefficient (Wildman–Crippen LogP) is 5.86. The molecule has 0 atom stereocenters. The van der Waals surface area contributed by atoms with E-state index >= 15 is 0 Å². The van der Waals surface area contributed by atoms with E-state index < -0.39 is 11.7 Å². The summed E-state index contributed by atoms with van der Waals surface area (Å²) < 4.78 is 37.5. The van der Waals surface area contributed by atoms with Gasteiger partial charge in [0.05, 0.1) is 5.56 Å². The Morgan fingerprint density at radius 3 is 2.21 bits per heavy atom. The summed E-state index contributed by atoms with van der Waals surface area (Å²) in [6.45, 7) is 4.10. The van der Waals surface area contributed by atoms with Crippen LogP contribution in [0.1, 0.15) is 44.2 Å². The Morgan fingerprint density at radius 1 is 1.11 bits per heavy atom. The molecule has 19 heavy (non-hydrogen) atoms. The molecule has 0 amide bonds. The van der Waals surface area contributed by atoms with Crippen molar-refractivity contribution in [3.63, 3.8) is 0 Å². The second-order valence-electron chi connectivity index (χ2n) is 4.33. The molecule has 1 aromatic carbocycles. The van der Waals surface area contributed by atoms with Gasteiger partial charge in [0.15, 0.2) is 0 Å². The summed E-state index contributed by atoms with van der Waals surface area (Å²) in [6.07, 6.45) is 4.67. The number of benzene rings is 1. The highest BCUT2D eigenvalue weighted by Gasteiger charge is 2.29. The van der Waals surface area contributed by atoms with Crippen molar-refractivity contribution < 1.29 is 13.2 Å². The van der Waals surface area contributed by atoms with Crippen molar-refractivity contribution in [3.05, 3.63) is 53.6 Å². The second-order valence-corrected chi connectivity index (χ2v) is 4.33. The molecule has 0 bridgehead atoms. The summed E-state index contributed by atoms with van der Waals surface area (Å²) in [6, 6.07) is 5.32. The smallest absolute Gasteiger partial charge is 0.166 e. The first-order chi connectivity index (χ1) is 8.99. The van der Waals surface area contributed by atoms with E-state index in [2.05, 4.69) is 13.0 Å². The normalized spacial score (nSPS) is 13.2. The Bertz CT molecular complexity index is 436. The van der Waals surface area contributed by atoms with E-state index in [9.17, 15) is 13.2 Å². The fourth-order valence-corrected chi connectivity index (χ4v) is 1.73. The average Bonchev–Trinajstić information content (AvgIpc) is 2.37. The Hall–Kier alpha value is -1.51. The first kappa shape index (κ1) is 15.5. The first-order valence-electron chi connectivity index (χ1n) is 6.53. The second kappa shape index (κ2) is 7.17. The van der Waals surface area contributed by atoms with Crippen LogP contribution in [-0.4, -0.2) is 0 Å². The summed E-state index contributed by atoms with van der Waals surface area (Å²) in [4.78, 5) is 0. The number of halogens is 3. The maximum absolute atomic E-state index is 12.5. The molecule has 0 saturated heterocycles. The van der Waals surface area contributed by atoms with Gasteiger partial charge in [0.1, 0.15) is 0 Å². The van der Waals surface area contributed by atoms with Gasteiger partial charge in [0.25, 0.3) is 0 Å². The predicted molar refractivity (Wildman–Crippen MR) is 73.8 cm³/mol. The average molecular weight is 268 g/mol. The number of rotatable bonds is 5. The summed E-state index contributed by atoms with van der Waals surface area (Å²) in [7, 11) is 0. The molecule has 0 N–H and O–H groups in total. The third kappa shape index (κ3) is 4.93. The lowest BCUT2D eigenvalue weighted by atomic mass is 10.0. The Kier molecular flexibility index (Phi) is 5.87. The van der Waals surface area contributed by atoms with Crippen LogP contribution in [0, 0.1) is 0 Å². The van der Waals surface area contributed by atoms with Crippen LogP contribution in [0.15, 0.2) is 42.5 Å². The monoisotopic (exact) mass is 268 g/mol. The number of allylic oxidation sites excluding steroid dienone is 4. The molecule has 0 spiro atoms. The minimum Gasteiger partial charge on any atom is -0.166 e. The minimum absolute atomic E-state index is 0.607. The number of hydrogen-bond donors (Lipinski definition) is 0. The van der Waals surface area contributed by atoms with Crippen LogP contribution in [0.4, 0.5) is 13.2 Å². The molecule has 0 aliphatic heterocycles. The summed E-state index contributed by atoms with van der Waals surface area (Å²) >= 11 is 0. The quantitative estimate of drug-likeness (QED) is 0.587. The molecule has 104 valence electrons. The Morgan fingerprint density at radius 2 is 1.74 bits per heavy atom. The molecule has 0 unspecified atom stereocenters. The highest BCUT2D eigenvalue weighted by Crippen LogP contribution is 2.30. The molecule has 0 aromatic heterocycles. The standard InChI is InChI=1S/C16H19F3/c1-3-5-6-8-13(7-4-2)14-9-11-15(12-10-14)16(17,18)19/h6-12H,3-5H2,1-2H3/b8-6-,13-7+. The molecule has 0 aliphatic rings. The zero-order valence-corrected chi connectivity index (χ0v) is 11.3. The zero-order valence-electron chi connectivity index (χ0n) is 11.3. The molecule has 1 aromatic rings. The molecule has 0 radical (unpaired) electrons. The molecular formula is C16H19F3. The third-order valence-electron chi connectivity index (χ3n) is 2.72. The lowest BCUT2D eigenvalue weighted by Gasteiger charge is -2.08. The van der Waals surface area contributed by atoms with E-state index in [1.807, 2.05) is 19.1 Å². The van der Waals surface area contributed by atoms with Gasteiger partial charge in [-0.2, -0.15) is 13.2 Å².